The first-order chi connectivity index (χ1) is 7.30. The molecule has 0 aromatic carbocycles. The molecule has 1 rings (SSSR count). The van der Waals surface area contributed by atoms with Gasteiger partial charge in [0.1, 0.15) is 0 Å². The monoisotopic (exact) mass is 282 g/mol. The van der Waals surface area contributed by atoms with Crippen molar-refractivity contribution in [2.24, 2.45) is 5.92 Å². The van der Waals surface area contributed by atoms with Crippen LogP contribution >= 0.6 is 11.3 Å². The zero-order valence-corrected chi connectivity index (χ0v) is 11.8. The van der Waals surface area contributed by atoms with Gasteiger partial charge in [0.15, 0.2) is 0 Å². The maximum absolute atomic E-state index is 11.7. The highest BCUT2D eigenvalue weighted by molar-refractivity contribution is 7.93. The van der Waals surface area contributed by atoms with Crippen molar-refractivity contribution in [1.82, 2.24) is 10.2 Å². The molecule has 1 aromatic heterocycles. The van der Waals surface area contributed by atoms with Crippen LogP contribution in [0.4, 0.5) is 0 Å². The average molecular weight is 282 g/mol. The van der Waals surface area contributed by atoms with Crippen LogP contribution in [0.15, 0.2) is 8.68 Å². The molecule has 0 radical (unpaired) electrons. The van der Waals surface area contributed by atoms with Gasteiger partial charge in [-0.15, -0.1) is 10.2 Å². The molecule has 8 heteroatoms. The molecule has 1 unspecified atom stereocenters. The third-order valence-electron chi connectivity index (χ3n) is 1.78. The van der Waals surface area contributed by atoms with Gasteiger partial charge in [-0.3, -0.25) is 4.21 Å². The molecule has 0 N–H and O–H groups in total. The summed E-state index contributed by atoms with van der Waals surface area (Å²) in [5.74, 6) is 0.960. The lowest BCUT2D eigenvalue weighted by molar-refractivity contribution is 0.599. The fraction of sp³-hybridized carbons (Fsp3) is 0.750. The molecule has 1 atom stereocenters. The fourth-order valence-corrected chi connectivity index (χ4v) is 4.22. The molecule has 0 aliphatic heterocycles. The zero-order chi connectivity index (χ0) is 12.3. The van der Waals surface area contributed by atoms with E-state index < -0.39 is 20.6 Å². The fourth-order valence-electron chi connectivity index (χ4n) is 0.869. The molecule has 5 nitrogen and oxygen atoms in total. The van der Waals surface area contributed by atoms with Crippen molar-refractivity contribution in [2.45, 2.75) is 28.9 Å². The minimum Gasteiger partial charge on any atom is -0.252 e. The van der Waals surface area contributed by atoms with E-state index in [2.05, 4.69) is 10.2 Å². The first kappa shape index (κ1) is 13.7. The maximum atomic E-state index is 11.7. The first-order valence-electron chi connectivity index (χ1n) is 4.72. The van der Waals surface area contributed by atoms with Crippen LogP contribution in [0.5, 0.6) is 0 Å². The minimum absolute atomic E-state index is 0.0691. The van der Waals surface area contributed by atoms with Gasteiger partial charge >= 0.3 is 0 Å². The van der Waals surface area contributed by atoms with Crippen LogP contribution in [0, 0.1) is 5.92 Å². The Kier molecular flexibility index (Phi) is 4.57. The zero-order valence-electron chi connectivity index (χ0n) is 9.34. The highest BCUT2D eigenvalue weighted by Gasteiger charge is 2.17. The Morgan fingerprint density at radius 2 is 2.00 bits per heavy atom. The van der Waals surface area contributed by atoms with Gasteiger partial charge in [0, 0.05) is 12.0 Å². The molecule has 0 amide bonds. The van der Waals surface area contributed by atoms with Crippen molar-refractivity contribution < 1.29 is 12.6 Å². The van der Waals surface area contributed by atoms with Crippen LogP contribution in [0.1, 0.15) is 20.3 Å². The lowest BCUT2D eigenvalue weighted by Gasteiger charge is -2.01. The smallest absolute Gasteiger partial charge is 0.233 e. The summed E-state index contributed by atoms with van der Waals surface area (Å²) in [6.07, 6.45) is 1.88. The van der Waals surface area contributed by atoms with Crippen molar-refractivity contribution in [1.29, 1.82) is 0 Å². The summed E-state index contributed by atoms with van der Waals surface area (Å²) in [7, 11) is -4.57. The SMILES string of the molecule is CC(C)CCS(=O)c1nnc(S(C)(=O)=O)s1. The molecule has 92 valence electrons. The van der Waals surface area contributed by atoms with E-state index >= 15 is 0 Å². The van der Waals surface area contributed by atoms with E-state index in [9.17, 15) is 12.6 Å². The molecule has 1 aromatic rings. The van der Waals surface area contributed by atoms with Gasteiger partial charge in [-0.1, -0.05) is 25.2 Å². The van der Waals surface area contributed by atoms with Gasteiger partial charge in [-0.05, 0) is 12.3 Å². The Hall–Kier alpha value is -0.340. The minimum atomic E-state index is -3.34. The van der Waals surface area contributed by atoms with E-state index in [1.54, 1.807) is 0 Å². The number of hydrogen-bond acceptors (Lipinski definition) is 6. The number of sulfone groups is 1. The van der Waals surface area contributed by atoms with Crippen molar-refractivity contribution in [3.05, 3.63) is 0 Å². The van der Waals surface area contributed by atoms with E-state index in [0.717, 1.165) is 24.0 Å². The van der Waals surface area contributed by atoms with Crippen molar-refractivity contribution in [2.75, 3.05) is 12.0 Å². The Labute approximate surface area is 102 Å². The summed E-state index contributed by atoms with van der Waals surface area (Å²) in [5, 5.41) is 7.17. The lowest BCUT2D eigenvalue weighted by atomic mass is 10.2. The van der Waals surface area contributed by atoms with E-state index in [-0.39, 0.29) is 4.34 Å². The molecule has 1 heterocycles. The van der Waals surface area contributed by atoms with Crippen LogP contribution in [0.3, 0.4) is 0 Å². The summed E-state index contributed by atoms with van der Waals surface area (Å²) < 4.78 is 34.2. The van der Waals surface area contributed by atoms with Gasteiger partial charge in [0.2, 0.25) is 18.5 Å². The molecule has 0 aliphatic carbocycles. The topological polar surface area (TPSA) is 77.0 Å². The summed E-state index contributed by atoms with van der Waals surface area (Å²) in [4.78, 5) is 0. The molecule has 0 aliphatic rings. The van der Waals surface area contributed by atoms with Gasteiger partial charge in [-0.2, -0.15) is 0 Å². The Morgan fingerprint density at radius 3 is 2.44 bits per heavy atom. The number of nitrogens with zero attached hydrogens (tertiary/aromatic N) is 2. The standard InChI is InChI=1S/C8H14N2O3S3/c1-6(2)4-5-15(11)7-9-10-8(14-7)16(3,12)13/h6H,4-5H2,1-3H3. The predicted octanol–water partition coefficient (Wildman–Crippen LogP) is 1.10. The molecular weight excluding hydrogens is 268 g/mol. The normalized spacial score (nSPS) is 14.2. The van der Waals surface area contributed by atoms with Crippen LogP contribution in [0.25, 0.3) is 0 Å². The van der Waals surface area contributed by atoms with E-state index in [1.807, 2.05) is 13.8 Å². The first-order valence-corrected chi connectivity index (χ1v) is 8.75. The second-order valence-electron chi connectivity index (χ2n) is 3.84. The lowest BCUT2D eigenvalue weighted by Crippen LogP contribution is -2.01. The number of rotatable bonds is 5. The molecule has 16 heavy (non-hydrogen) atoms. The van der Waals surface area contributed by atoms with Gasteiger partial charge in [0.25, 0.3) is 0 Å². The largest absolute Gasteiger partial charge is 0.252 e. The second kappa shape index (κ2) is 5.33. The maximum Gasteiger partial charge on any atom is 0.233 e. The van der Waals surface area contributed by atoms with Gasteiger partial charge in [-0.25, -0.2) is 8.42 Å². The number of hydrogen-bond donors (Lipinski definition) is 0. The van der Waals surface area contributed by atoms with Crippen molar-refractivity contribution >= 4 is 32.0 Å². The van der Waals surface area contributed by atoms with Crippen molar-refractivity contribution in [3.63, 3.8) is 0 Å². The van der Waals surface area contributed by atoms with Crippen LogP contribution in [-0.4, -0.2) is 34.8 Å². The van der Waals surface area contributed by atoms with Crippen molar-refractivity contribution in [3.8, 4) is 0 Å². The second-order valence-corrected chi connectivity index (χ2v) is 8.75. The molecule has 0 fully saturated rings. The molecule has 0 saturated heterocycles. The Balaban J connectivity index is 2.75. The van der Waals surface area contributed by atoms with Gasteiger partial charge in [0.05, 0.1) is 10.8 Å². The van der Waals surface area contributed by atoms with Crippen LogP contribution in [0.2, 0.25) is 0 Å². The summed E-state index contributed by atoms with van der Waals surface area (Å²) in [6.45, 7) is 4.08. The molecule has 0 saturated carbocycles. The summed E-state index contributed by atoms with van der Waals surface area (Å²) in [6, 6.07) is 0. The van der Waals surface area contributed by atoms with Gasteiger partial charge < -0.3 is 0 Å². The average Bonchev–Trinajstić information content (AvgIpc) is 2.61. The van der Waals surface area contributed by atoms with Crippen LogP contribution < -0.4 is 0 Å². The highest BCUT2D eigenvalue weighted by atomic mass is 32.2. The Morgan fingerprint density at radius 1 is 1.38 bits per heavy atom. The van der Waals surface area contributed by atoms with E-state index in [1.165, 1.54) is 0 Å². The van der Waals surface area contributed by atoms with E-state index in [4.69, 9.17) is 0 Å². The summed E-state index contributed by atoms with van der Waals surface area (Å²) >= 11 is 0.889. The molecular formula is C8H14N2O3S3. The third-order valence-corrected chi connectivity index (χ3v) is 6.05. The molecule has 0 bridgehead atoms. The summed E-state index contributed by atoms with van der Waals surface area (Å²) in [5.41, 5.74) is 0. The predicted molar refractivity (Wildman–Crippen MR) is 63.7 cm³/mol. The third kappa shape index (κ3) is 3.91. The quantitative estimate of drug-likeness (QED) is 0.808. The van der Waals surface area contributed by atoms with Crippen LogP contribution in [-0.2, 0) is 20.6 Å². The molecule has 0 spiro atoms. The Bertz CT molecular complexity index is 478. The highest BCUT2D eigenvalue weighted by Crippen LogP contribution is 2.19. The number of aromatic nitrogens is 2. The van der Waals surface area contributed by atoms with E-state index in [0.29, 0.717) is 16.0 Å².